The number of hydrogen-bond donors (Lipinski definition) is 4. The first kappa shape index (κ1) is 13.4. The molecule has 1 rings (SSSR count). The fourth-order valence-electron chi connectivity index (χ4n) is 1.92. The highest BCUT2D eigenvalue weighted by molar-refractivity contribution is 5.77. The minimum Gasteiger partial charge on any atom is -0.479 e. The Morgan fingerprint density at radius 1 is 1.69 bits per heavy atom. The molecule has 0 spiro atoms. The molecule has 5 N–H and O–H groups in total. The van der Waals surface area contributed by atoms with Crippen molar-refractivity contribution in [2.24, 2.45) is 5.73 Å². The van der Waals surface area contributed by atoms with Crippen molar-refractivity contribution >= 4 is 5.97 Å². The molecule has 6 nitrogen and oxygen atoms in total. The van der Waals surface area contributed by atoms with Crippen molar-refractivity contribution in [2.45, 2.75) is 56.6 Å². The van der Waals surface area contributed by atoms with Gasteiger partial charge in [0.1, 0.15) is 0 Å². The molecule has 0 bridgehead atoms. The molecule has 5 atom stereocenters. The standard InChI is InChI=1S/C10H19NO5/c1-5(12)3-7-8(11)6(13)4-10(2,16-7)9(14)15/h5-8,12-13H,3-4,11H2,1-2H3,(H,14,15)/t5-,6+,7?,8?,10+/m1/s1. The van der Waals surface area contributed by atoms with E-state index in [0.717, 1.165) is 0 Å². The molecule has 16 heavy (non-hydrogen) atoms. The van der Waals surface area contributed by atoms with E-state index in [1.165, 1.54) is 6.92 Å². The van der Waals surface area contributed by atoms with Gasteiger partial charge in [-0.3, -0.25) is 0 Å². The number of nitrogens with two attached hydrogens (primary N) is 1. The molecule has 2 unspecified atom stereocenters. The van der Waals surface area contributed by atoms with E-state index in [0.29, 0.717) is 0 Å². The van der Waals surface area contributed by atoms with Crippen LogP contribution in [0, 0.1) is 0 Å². The molecular formula is C10H19NO5. The maximum Gasteiger partial charge on any atom is 0.335 e. The van der Waals surface area contributed by atoms with Crippen LogP contribution >= 0.6 is 0 Å². The number of aliphatic hydroxyl groups is 2. The molecule has 0 aromatic carbocycles. The quantitative estimate of drug-likeness (QED) is 0.501. The number of carbonyl (C=O) groups is 1. The van der Waals surface area contributed by atoms with Crippen molar-refractivity contribution in [1.29, 1.82) is 0 Å². The van der Waals surface area contributed by atoms with Gasteiger partial charge in [0.05, 0.1) is 24.4 Å². The molecule has 1 aliphatic heterocycles. The highest BCUT2D eigenvalue weighted by Crippen LogP contribution is 2.30. The Morgan fingerprint density at radius 2 is 2.25 bits per heavy atom. The molecule has 1 heterocycles. The van der Waals surface area contributed by atoms with E-state index in [4.69, 9.17) is 15.6 Å². The number of aliphatic carboxylic acids is 1. The molecule has 0 aromatic heterocycles. The zero-order chi connectivity index (χ0) is 12.5. The Kier molecular flexibility index (Phi) is 3.90. The van der Waals surface area contributed by atoms with Gasteiger partial charge >= 0.3 is 5.97 Å². The first-order valence-corrected chi connectivity index (χ1v) is 5.29. The van der Waals surface area contributed by atoms with E-state index < -0.39 is 35.9 Å². The average Bonchev–Trinajstić information content (AvgIpc) is 2.12. The lowest BCUT2D eigenvalue weighted by atomic mass is 9.86. The predicted molar refractivity (Wildman–Crippen MR) is 55.8 cm³/mol. The highest BCUT2D eigenvalue weighted by Gasteiger charge is 2.47. The van der Waals surface area contributed by atoms with Crippen molar-refractivity contribution in [2.75, 3.05) is 0 Å². The summed E-state index contributed by atoms with van der Waals surface area (Å²) in [6.07, 6.45) is -2.07. The molecule has 1 aliphatic rings. The minimum absolute atomic E-state index is 0.0419. The van der Waals surface area contributed by atoms with Gasteiger partial charge < -0.3 is 25.8 Å². The third kappa shape index (κ3) is 2.70. The molecule has 0 amide bonds. The third-order valence-corrected chi connectivity index (χ3v) is 2.91. The normalized spacial score (nSPS) is 41.7. The molecule has 6 heteroatoms. The summed E-state index contributed by atoms with van der Waals surface area (Å²) >= 11 is 0. The fourth-order valence-corrected chi connectivity index (χ4v) is 1.92. The first-order valence-electron chi connectivity index (χ1n) is 5.29. The second kappa shape index (κ2) is 4.67. The van der Waals surface area contributed by atoms with Crippen LogP contribution in [0.1, 0.15) is 26.7 Å². The van der Waals surface area contributed by atoms with Gasteiger partial charge in [-0.1, -0.05) is 0 Å². The summed E-state index contributed by atoms with van der Waals surface area (Å²) in [5.41, 5.74) is 4.28. The summed E-state index contributed by atoms with van der Waals surface area (Å²) in [7, 11) is 0. The number of aliphatic hydroxyl groups excluding tert-OH is 2. The summed E-state index contributed by atoms with van der Waals surface area (Å²) < 4.78 is 5.38. The predicted octanol–water partition coefficient (Wildman–Crippen LogP) is -0.922. The molecule has 0 radical (unpaired) electrons. The van der Waals surface area contributed by atoms with Crippen molar-refractivity contribution in [3.63, 3.8) is 0 Å². The third-order valence-electron chi connectivity index (χ3n) is 2.91. The minimum atomic E-state index is -1.44. The Hall–Kier alpha value is -0.690. The van der Waals surface area contributed by atoms with Crippen LogP contribution < -0.4 is 5.73 Å². The Morgan fingerprint density at radius 3 is 2.69 bits per heavy atom. The van der Waals surface area contributed by atoms with E-state index >= 15 is 0 Å². The lowest BCUT2D eigenvalue weighted by Crippen LogP contribution is -2.60. The molecule has 0 saturated carbocycles. The van der Waals surface area contributed by atoms with Crippen molar-refractivity contribution in [1.82, 2.24) is 0 Å². The van der Waals surface area contributed by atoms with Crippen LogP contribution in [0.5, 0.6) is 0 Å². The number of rotatable bonds is 3. The SMILES string of the molecule is C[C@@H](O)CC1O[C@](C)(C(=O)O)C[C@H](O)C1N. The van der Waals surface area contributed by atoms with Crippen LogP contribution in [-0.4, -0.2) is 51.2 Å². The molecular weight excluding hydrogens is 214 g/mol. The van der Waals surface area contributed by atoms with Crippen LogP contribution in [0.15, 0.2) is 0 Å². The summed E-state index contributed by atoms with van der Waals surface area (Å²) in [6, 6.07) is -0.665. The summed E-state index contributed by atoms with van der Waals surface area (Å²) in [5, 5.41) is 28.0. The van der Waals surface area contributed by atoms with Gasteiger partial charge in [0.15, 0.2) is 5.60 Å². The van der Waals surface area contributed by atoms with Crippen LogP contribution in [0.2, 0.25) is 0 Å². The van der Waals surface area contributed by atoms with Gasteiger partial charge in [-0.25, -0.2) is 4.79 Å². The average molecular weight is 233 g/mol. The van der Waals surface area contributed by atoms with Gasteiger partial charge in [0.25, 0.3) is 0 Å². The van der Waals surface area contributed by atoms with Gasteiger partial charge in [-0.15, -0.1) is 0 Å². The van der Waals surface area contributed by atoms with Gasteiger partial charge in [-0.2, -0.15) is 0 Å². The Bertz CT molecular complexity index is 270. The largest absolute Gasteiger partial charge is 0.479 e. The topological polar surface area (TPSA) is 113 Å². The van der Waals surface area contributed by atoms with E-state index in [-0.39, 0.29) is 12.8 Å². The van der Waals surface area contributed by atoms with Gasteiger partial charge in [-0.05, 0) is 13.8 Å². The maximum absolute atomic E-state index is 11.0. The maximum atomic E-state index is 11.0. The lowest BCUT2D eigenvalue weighted by molar-refractivity contribution is -0.199. The van der Waals surface area contributed by atoms with E-state index in [1.807, 2.05) is 0 Å². The molecule has 94 valence electrons. The second-order valence-electron chi connectivity index (χ2n) is 4.63. The number of ether oxygens (including phenoxy) is 1. The van der Waals surface area contributed by atoms with E-state index in [1.54, 1.807) is 6.92 Å². The summed E-state index contributed by atoms with van der Waals surface area (Å²) in [5.74, 6) is -1.13. The van der Waals surface area contributed by atoms with Crippen LogP contribution in [-0.2, 0) is 9.53 Å². The van der Waals surface area contributed by atoms with Gasteiger partial charge in [0, 0.05) is 12.8 Å². The summed E-state index contributed by atoms with van der Waals surface area (Å²) in [4.78, 5) is 11.0. The Labute approximate surface area is 94.0 Å². The zero-order valence-corrected chi connectivity index (χ0v) is 9.46. The Balaban J connectivity index is 2.80. The van der Waals surface area contributed by atoms with Crippen molar-refractivity contribution in [3.8, 4) is 0 Å². The molecule has 1 fully saturated rings. The number of carboxylic acids is 1. The van der Waals surface area contributed by atoms with E-state index in [9.17, 15) is 15.0 Å². The lowest BCUT2D eigenvalue weighted by Gasteiger charge is -2.42. The zero-order valence-electron chi connectivity index (χ0n) is 9.46. The van der Waals surface area contributed by atoms with E-state index in [2.05, 4.69) is 0 Å². The smallest absolute Gasteiger partial charge is 0.335 e. The number of carboxylic acid groups (broad SMARTS) is 1. The van der Waals surface area contributed by atoms with Gasteiger partial charge in [0.2, 0.25) is 0 Å². The second-order valence-corrected chi connectivity index (χ2v) is 4.63. The molecule has 1 saturated heterocycles. The van der Waals surface area contributed by atoms with Crippen LogP contribution in [0.25, 0.3) is 0 Å². The monoisotopic (exact) mass is 233 g/mol. The fraction of sp³-hybridized carbons (Fsp3) is 0.900. The van der Waals surface area contributed by atoms with Crippen LogP contribution in [0.4, 0.5) is 0 Å². The van der Waals surface area contributed by atoms with Crippen molar-refractivity contribution < 1.29 is 24.9 Å². The van der Waals surface area contributed by atoms with Crippen LogP contribution in [0.3, 0.4) is 0 Å². The molecule has 0 aromatic rings. The number of hydrogen-bond acceptors (Lipinski definition) is 5. The highest BCUT2D eigenvalue weighted by atomic mass is 16.5. The van der Waals surface area contributed by atoms with Crippen molar-refractivity contribution in [3.05, 3.63) is 0 Å². The molecule has 0 aliphatic carbocycles. The first-order chi connectivity index (χ1) is 7.26. The summed E-state index contributed by atoms with van der Waals surface area (Å²) in [6.45, 7) is 2.97.